The van der Waals surface area contributed by atoms with Crippen molar-refractivity contribution in [2.24, 2.45) is 0 Å². The minimum absolute atomic E-state index is 0.286. The third kappa shape index (κ3) is 2.69. The number of hydrogen-bond acceptors (Lipinski definition) is 3. The minimum Gasteiger partial charge on any atom is -0.342 e. The van der Waals surface area contributed by atoms with Gasteiger partial charge in [-0.1, -0.05) is 0 Å². The van der Waals surface area contributed by atoms with Gasteiger partial charge in [0.2, 0.25) is 5.91 Å². The first kappa shape index (κ1) is 10.9. The second-order valence-corrected chi connectivity index (χ2v) is 4.75. The van der Waals surface area contributed by atoms with Crippen molar-refractivity contribution >= 4 is 5.91 Å². The molecule has 1 aliphatic carbocycles. The Morgan fingerprint density at radius 3 is 2.73 bits per heavy atom. The number of nitrogens with zero attached hydrogens (tertiary/aromatic N) is 2. The van der Waals surface area contributed by atoms with Crippen LogP contribution in [0.4, 0.5) is 0 Å². The van der Waals surface area contributed by atoms with Gasteiger partial charge in [-0.2, -0.15) is 0 Å². The van der Waals surface area contributed by atoms with Gasteiger partial charge in [0.15, 0.2) is 0 Å². The molecule has 2 rings (SSSR count). The maximum absolute atomic E-state index is 11.8. The number of nitrogens with one attached hydrogen (secondary N) is 1. The first-order valence-electron chi connectivity index (χ1n) is 5.86. The van der Waals surface area contributed by atoms with E-state index in [1.54, 1.807) is 0 Å². The highest BCUT2D eigenvalue weighted by atomic mass is 16.2. The summed E-state index contributed by atoms with van der Waals surface area (Å²) in [5.74, 6) is 0.286. The lowest BCUT2D eigenvalue weighted by atomic mass is 10.3. The van der Waals surface area contributed by atoms with Gasteiger partial charge in [0.1, 0.15) is 0 Å². The standard InChI is InChI=1S/C11H21N3O/c1-12-9-5-6-14(7-9)8-11(15)13(2)10-3-4-10/h9-10,12H,3-8H2,1-2H3. The fourth-order valence-corrected chi connectivity index (χ4v) is 2.18. The Labute approximate surface area is 91.6 Å². The Kier molecular flexibility index (Phi) is 3.26. The molecule has 1 N–H and O–H groups in total. The molecule has 4 heteroatoms. The zero-order valence-electron chi connectivity index (χ0n) is 9.70. The quantitative estimate of drug-likeness (QED) is 0.705. The van der Waals surface area contributed by atoms with Gasteiger partial charge in [-0.25, -0.2) is 0 Å². The van der Waals surface area contributed by atoms with E-state index in [2.05, 4.69) is 10.2 Å². The first-order chi connectivity index (χ1) is 7.20. The first-order valence-corrected chi connectivity index (χ1v) is 5.86. The molecule has 1 unspecified atom stereocenters. The minimum atomic E-state index is 0.286. The van der Waals surface area contributed by atoms with Crippen LogP contribution < -0.4 is 5.32 Å². The monoisotopic (exact) mass is 211 g/mol. The summed E-state index contributed by atoms with van der Waals surface area (Å²) in [5.41, 5.74) is 0. The van der Waals surface area contributed by atoms with Crippen molar-refractivity contribution < 1.29 is 4.79 Å². The summed E-state index contributed by atoms with van der Waals surface area (Å²) in [6, 6.07) is 1.12. The van der Waals surface area contributed by atoms with E-state index in [0.29, 0.717) is 18.6 Å². The molecule has 0 radical (unpaired) electrons. The van der Waals surface area contributed by atoms with Gasteiger partial charge in [-0.05, 0) is 26.3 Å². The molecule has 1 amide bonds. The molecular weight excluding hydrogens is 190 g/mol. The van der Waals surface area contributed by atoms with Crippen molar-refractivity contribution in [2.45, 2.75) is 31.3 Å². The molecule has 1 heterocycles. The van der Waals surface area contributed by atoms with E-state index >= 15 is 0 Å². The average molecular weight is 211 g/mol. The third-order valence-electron chi connectivity index (χ3n) is 3.53. The number of likely N-dealkylation sites (N-methyl/N-ethyl adjacent to an activating group) is 2. The predicted molar refractivity (Wildman–Crippen MR) is 59.7 cm³/mol. The molecule has 1 aliphatic heterocycles. The fraction of sp³-hybridized carbons (Fsp3) is 0.909. The number of carbonyl (C=O) groups is 1. The topological polar surface area (TPSA) is 35.6 Å². The summed E-state index contributed by atoms with van der Waals surface area (Å²) in [7, 11) is 3.93. The zero-order valence-corrected chi connectivity index (χ0v) is 9.70. The molecule has 0 spiro atoms. The Balaban J connectivity index is 1.74. The summed E-state index contributed by atoms with van der Waals surface area (Å²) >= 11 is 0. The summed E-state index contributed by atoms with van der Waals surface area (Å²) < 4.78 is 0. The van der Waals surface area contributed by atoms with Crippen molar-refractivity contribution in [2.75, 3.05) is 33.7 Å². The Hall–Kier alpha value is -0.610. The molecule has 0 bridgehead atoms. The van der Waals surface area contributed by atoms with Gasteiger partial charge in [0.05, 0.1) is 6.54 Å². The maximum atomic E-state index is 11.8. The third-order valence-corrected chi connectivity index (χ3v) is 3.53. The van der Waals surface area contributed by atoms with Crippen LogP contribution in [0.25, 0.3) is 0 Å². The SMILES string of the molecule is CNC1CCN(CC(=O)N(C)C2CC2)C1. The van der Waals surface area contributed by atoms with E-state index in [9.17, 15) is 4.79 Å². The number of rotatable bonds is 4. The van der Waals surface area contributed by atoms with Crippen LogP contribution in [0.2, 0.25) is 0 Å². The van der Waals surface area contributed by atoms with E-state index in [-0.39, 0.29) is 5.91 Å². The Morgan fingerprint density at radius 2 is 2.20 bits per heavy atom. The van der Waals surface area contributed by atoms with Gasteiger partial charge >= 0.3 is 0 Å². The highest BCUT2D eigenvalue weighted by Crippen LogP contribution is 2.25. The second kappa shape index (κ2) is 4.49. The molecule has 86 valence electrons. The lowest BCUT2D eigenvalue weighted by Crippen LogP contribution is -2.39. The molecule has 0 aromatic rings. The molecule has 2 aliphatic rings. The largest absolute Gasteiger partial charge is 0.342 e. The lowest BCUT2D eigenvalue weighted by molar-refractivity contribution is -0.131. The van der Waals surface area contributed by atoms with Crippen LogP contribution in [0, 0.1) is 0 Å². The molecule has 1 saturated carbocycles. The normalized spacial score (nSPS) is 26.9. The van der Waals surface area contributed by atoms with E-state index in [1.165, 1.54) is 12.8 Å². The van der Waals surface area contributed by atoms with Crippen molar-refractivity contribution in [3.8, 4) is 0 Å². The average Bonchev–Trinajstić information content (AvgIpc) is 2.98. The molecule has 0 aromatic carbocycles. The number of likely N-dealkylation sites (tertiary alicyclic amines) is 1. The van der Waals surface area contributed by atoms with Crippen LogP contribution in [0.3, 0.4) is 0 Å². The molecule has 4 nitrogen and oxygen atoms in total. The fourth-order valence-electron chi connectivity index (χ4n) is 2.18. The zero-order chi connectivity index (χ0) is 10.8. The highest BCUT2D eigenvalue weighted by Gasteiger charge is 2.31. The second-order valence-electron chi connectivity index (χ2n) is 4.75. The van der Waals surface area contributed by atoms with Gasteiger partial charge in [0.25, 0.3) is 0 Å². The van der Waals surface area contributed by atoms with E-state index in [4.69, 9.17) is 0 Å². The van der Waals surface area contributed by atoms with Crippen LogP contribution in [-0.4, -0.2) is 61.5 Å². The molecule has 1 atom stereocenters. The smallest absolute Gasteiger partial charge is 0.236 e. The van der Waals surface area contributed by atoms with Crippen LogP contribution in [0.15, 0.2) is 0 Å². The van der Waals surface area contributed by atoms with Gasteiger partial charge in [0, 0.05) is 32.2 Å². The molecule has 2 fully saturated rings. The molecule has 1 saturated heterocycles. The van der Waals surface area contributed by atoms with Crippen LogP contribution >= 0.6 is 0 Å². The Morgan fingerprint density at radius 1 is 1.47 bits per heavy atom. The molecule has 15 heavy (non-hydrogen) atoms. The lowest BCUT2D eigenvalue weighted by Gasteiger charge is -2.21. The van der Waals surface area contributed by atoms with Crippen molar-refractivity contribution in [3.05, 3.63) is 0 Å². The Bertz CT molecular complexity index is 240. The molecule has 0 aromatic heterocycles. The number of amides is 1. The predicted octanol–water partition coefficient (Wildman–Crippen LogP) is -0.0991. The van der Waals surface area contributed by atoms with E-state index < -0.39 is 0 Å². The van der Waals surface area contributed by atoms with Crippen LogP contribution in [-0.2, 0) is 4.79 Å². The van der Waals surface area contributed by atoms with Crippen molar-refractivity contribution in [3.63, 3.8) is 0 Å². The highest BCUT2D eigenvalue weighted by molar-refractivity contribution is 5.78. The number of hydrogen-bond donors (Lipinski definition) is 1. The summed E-state index contributed by atoms with van der Waals surface area (Å²) in [5, 5.41) is 3.26. The summed E-state index contributed by atoms with van der Waals surface area (Å²) in [6.45, 7) is 2.67. The van der Waals surface area contributed by atoms with E-state index in [1.807, 2.05) is 19.0 Å². The van der Waals surface area contributed by atoms with Crippen molar-refractivity contribution in [1.82, 2.24) is 15.1 Å². The summed E-state index contributed by atoms with van der Waals surface area (Å²) in [4.78, 5) is 16.0. The van der Waals surface area contributed by atoms with Crippen LogP contribution in [0.5, 0.6) is 0 Å². The van der Waals surface area contributed by atoms with Gasteiger partial charge in [-0.15, -0.1) is 0 Å². The van der Waals surface area contributed by atoms with Gasteiger partial charge in [-0.3, -0.25) is 9.69 Å². The summed E-state index contributed by atoms with van der Waals surface area (Å²) in [6.07, 6.45) is 3.56. The molecular formula is C11H21N3O. The van der Waals surface area contributed by atoms with Crippen molar-refractivity contribution in [1.29, 1.82) is 0 Å². The van der Waals surface area contributed by atoms with Gasteiger partial charge < -0.3 is 10.2 Å². The van der Waals surface area contributed by atoms with E-state index in [0.717, 1.165) is 19.5 Å². The number of carbonyl (C=O) groups excluding carboxylic acids is 1. The van der Waals surface area contributed by atoms with Crippen LogP contribution in [0.1, 0.15) is 19.3 Å². The maximum Gasteiger partial charge on any atom is 0.236 e.